The highest BCUT2D eigenvalue weighted by molar-refractivity contribution is 8.31. The van der Waals surface area contributed by atoms with Gasteiger partial charge < -0.3 is 0 Å². The summed E-state index contributed by atoms with van der Waals surface area (Å²) in [4.78, 5) is 9.81. The van der Waals surface area contributed by atoms with Crippen molar-refractivity contribution in [1.82, 2.24) is 4.72 Å². The van der Waals surface area contributed by atoms with Gasteiger partial charge in [0.05, 0.1) is 0 Å². The number of carbonyl (C=O) groups is 1. The van der Waals surface area contributed by atoms with Crippen molar-refractivity contribution in [1.29, 1.82) is 0 Å². The predicted octanol–water partition coefficient (Wildman–Crippen LogP) is 0.904. The molecule has 4 heteroatoms. The first-order chi connectivity index (χ1) is 2.77. The summed E-state index contributed by atoms with van der Waals surface area (Å²) in [7, 11) is 1.67. The number of hydrogen-bond donors (Lipinski definition) is 2. The molecule has 0 bridgehead atoms. The van der Waals surface area contributed by atoms with E-state index in [-0.39, 0.29) is 4.45 Å². The Balaban J connectivity index is 2.83. The molecule has 0 aliphatic heterocycles. The molecule has 0 saturated heterocycles. The van der Waals surface area contributed by atoms with Gasteiger partial charge in [0.15, 0.2) is 0 Å². The molecule has 0 fully saturated rings. The van der Waals surface area contributed by atoms with E-state index >= 15 is 0 Å². The Morgan fingerprint density at radius 1 is 2.00 bits per heavy atom. The largest absolute Gasteiger partial charge is 0.273 e. The molecule has 0 rings (SSSR count). The summed E-state index contributed by atoms with van der Waals surface area (Å²) in [6, 6.07) is 0. The predicted molar refractivity (Wildman–Crippen MR) is 31.0 cm³/mol. The highest BCUT2D eigenvalue weighted by Crippen LogP contribution is 1.97. The molecule has 0 aromatic carbocycles. The lowest BCUT2D eigenvalue weighted by atomic mass is 11.6. The maximum Gasteiger partial charge on any atom is 0.257 e. The monoisotopic (exact) mass is 123 g/mol. The van der Waals surface area contributed by atoms with E-state index in [1.54, 1.807) is 7.05 Å². The Hall–Kier alpha value is 0.330. The molecule has 0 aromatic rings. The average molecular weight is 123 g/mol. The molecule has 0 spiro atoms. The smallest absolute Gasteiger partial charge is 0.257 e. The van der Waals surface area contributed by atoms with Crippen LogP contribution < -0.4 is 4.72 Å². The van der Waals surface area contributed by atoms with E-state index in [9.17, 15) is 4.79 Å². The lowest BCUT2D eigenvalue weighted by molar-refractivity contribution is 0.277. The molecule has 0 atom stereocenters. The maximum atomic E-state index is 9.81. The van der Waals surface area contributed by atoms with E-state index in [1.807, 2.05) is 0 Å². The van der Waals surface area contributed by atoms with Crippen LogP contribution in [-0.2, 0) is 0 Å². The van der Waals surface area contributed by atoms with Crippen molar-refractivity contribution in [3.05, 3.63) is 0 Å². The van der Waals surface area contributed by atoms with Gasteiger partial charge in [-0.25, -0.2) is 0 Å². The summed E-state index contributed by atoms with van der Waals surface area (Å²) in [5.41, 5.74) is 0. The summed E-state index contributed by atoms with van der Waals surface area (Å²) < 4.78 is 2.35. The van der Waals surface area contributed by atoms with Crippen LogP contribution in [0, 0.1) is 0 Å². The SMILES string of the molecule is CNSC(=O)S. The summed E-state index contributed by atoms with van der Waals surface area (Å²) in [5.74, 6) is 0. The first-order valence-corrected chi connectivity index (χ1v) is 2.60. The van der Waals surface area contributed by atoms with Crippen LogP contribution in [0.1, 0.15) is 0 Å². The molecule has 0 aliphatic rings. The molecule has 0 unspecified atom stereocenters. The normalized spacial score (nSPS) is 8.33. The Kier molecular flexibility index (Phi) is 3.71. The van der Waals surface area contributed by atoms with Crippen LogP contribution in [0.5, 0.6) is 0 Å². The van der Waals surface area contributed by atoms with E-state index in [0.29, 0.717) is 0 Å². The topological polar surface area (TPSA) is 29.1 Å². The molecular formula is C2H5NOS2. The molecule has 0 radical (unpaired) electrons. The number of carbonyl (C=O) groups excluding carboxylic acids is 1. The minimum atomic E-state index is -0.211. The Morgan fingerprint density at radius 3 is 2.50 bits per heavy atom. The second kappa shape index (κ2) is 3.52. The summed E-state index contributed by atoms with van der Waals surface area (Å²) in [6.07, 6.45) is 0. The number of rotatable bonds is 1. The molecule has 2 nitrogen and oxygen atoms in total. The molecule has 1 N–H and O–H groups in total. The van der Waals surface area contributed by atoms with E-state index in [4.69, 9.17) is 0 Å². The molecule has 0 amide bonds. The maximum absolute atomic E-state index is 9.81. The fourth-order valence-corrected chi connectivity index (χ4v) is 0.536. The van der Waals surface area contributed by atoms with Gasteiger partial charge in [-0.15, -0.1) is 0 Å². The van der Waals surface area contributed by atoms with Crippen molar-refractivity contribution in [2.45, 2.75) is 0 Å². The van der Waals surface area contributed by atoms with Crippen LogP contribution in [0.25, 0.3) is 0 Å². The van der Waals surface area contributed by atoms with Crippen molar-refractivity contribution in [2.24, 2.45) is 0 Å². The van der Waals surface area contributed by atoms with Crippen molar-refractivity contribution in [3.63, 3.8) is 0 Å². The quantitative estimate of drug-likeness (QED) is 0.401. The number of thiol groups is 1. The van der Waals surface area contributed by atoms with Crippen LogP contribution in [0.15, 0.2) is 0 Å². The van der Waals surface area contributed by atoms with Gasteiger partial charge in [0.2, 0.25) is 0 Å². The Morgan fingerprint density at radius 2 is 2.50 bits per heavy atom. The van der Waals surface area contributed by atoms with E-state index < -0.39 is 0 Å². The molecule has 36 valence electrons. The van der Waals surface area contributed by atoms with Crippen LogP contribution in [0.4, 0.5) is 4.79 Å². The van der Waals surface area contributed by atoms with Gasteiger partial charge in [0.25, 0.3) is 4.45 Å². The van der Waals surface area contributed by atoms with Gasteiger partial charge in [-0.05, 0) is 7.05 Å². The third-order valence-electron chi connectivity index (χ3n) is 0.189. The number of hydrogen-bond acceptors (Lipinski definition) is 3. The van der Waals surface area contributed by atoms with Crippen molar-refractivity contribution in [3.8, 4) is 0 Å². The molecule has 0 saturated carbocycles. The average Bonchev–Trinajstić information content (AvgIpc) is 1.35. The molecule has 0 heterocycles. The summed E-state index contributed by atoms with van der Waals surface area (Å²) in [6.45, 7) is 0. The number of nitrogens with one attached hydrogen (secondary N) is 1. The van der Waals surface area contributed by atoms with Crippen molar-refractivity contribution >= 4 is 29.0 Å². The Bertz CT molecular complexity index is 55.5. The van der Waals surface area contributed by atoms with Gasteiger partial charge in [-0.2, -0.15) is 0 Å². The highest BCUT2D eigenvalue weighted by atomic mass is 32.2. The van der Waals surface area contributed by atoms with Crippen LogP contribution >= 0.6 is 24.6 Å². The zero-order valence-electron chi connectivity index (χ0n) is 3.26. The van der Waals surface area contributed by atoms with Gasteiger partial charge in [0, 0.05) is 11.9 Å². The third-order valence-corrected chi connectivity index (χ3v) is 0.842. The van der Waals surface area contributed by atoms with Gasteiger partial charge in [-0.3, -0.25) is 9.52 Å². The fraction of sp³-hybridized carbons (Fsp3) is 0.500. The first-order valence-electron chi connectivity index (χ1n) is 1.34. The second-order valence-electron chi connectivity index (χ2n) is 0.572. The van der Waals surface area contributed by atoms with Gasteiger partial charge >= 0.3 is 0 Å². The van der Waals surface area contributed by atoms with Crippen LogP contribution in [0.2, 0.25) is 0 Å². The second-order valence-corrected chi connectivity index (χ2v) is 2.26. The lowest BCUT2D eigenvalue weighted by Crippen LogP contribution is -1.92. The fourth-order valence-electron chi connectivity index (χ4n) is 0.0873. The summed E-state index contributed by atoms with van der Waals surface area (Å²) in [5, 5.41) is 0. The zero-order chi connectivity index (χ0) is 4.99. The minimum Gasteiger partial charge on any atom is -0.273 e. The summed E-state index contributed by atoms with van der Waals surface area (Å²) >= 11 is 4.40. The standard InChI is InChI=1S/C2H5NOS2/c1-3-6-2(4)5/h3H,1H3,(H,4,5). The minimum absolute atomic E-state index is 0.211. The molecule has 0 aliphatic carbocycles. The van der Waals surface area contributed by atoms with Crippen LogP contribution in [-0.4, -0.2) is 11.5 Å². The Labute approximate surface area is 46.2 Å². The van der Waals surface area contributed by atoms with E-state index in [2.05, 4.69) is 17.4 Å². The molecule has 6 heavy (non-hydrogen) atoms. The van der Waals surface area contributed by atoms with Crippen LogP contribution in [0.3, 0.4) is 0 Å². The van der Waals surface area contributed by atoms with Gasteiger partial charge in [-0.1, -0.05) is 12.6 Å². The first kappa shape index (κ1) is 6.33. The lowest BCUT2D eigenvalue weighted by Gasteiger charge is -1.82. The van der Waals surface area contributed by atoms with E-state index in [0.717, 1.165) is 11.9 Å². The van der Waals surface area contributed by atoms with Gasteiger partial charge in [0.1, 0.15) is 0 Å². The third kappa shape index (κ3) is 4.33. The van der Waals surface area contributed by atoms with Crippen molar-refractivity contribution in [2.75, 3.05) is 7.05 Å². The molecule has 0 aromatic heterocycles. The van der Waals surface area contributed by atoms with Crippen molar-refractivity contribution < 1.29 is 4.79 Å². The molecular weight excluding hydrogens is 118 g/mol. The zero-order valence-corrected chi connectivity index (χ0v) is 4.97. The highest BCUT2D eigenvalue weighted by Gasteiger charge is 1.85. The van der Waals surface area contributed by atoms with E-state index in [1.165, 1.54) is 0 Å².